The number of amides is 2. The molecule has 1 aliphatic rings. The van der Waals surface area contributed by atoms with Crippen molar-refractivity contribution in [2.45, 2.75) is 57.2 Å². The fourth-order valence-corrected chi connectivity index (χ4v) is 5.22. The molecule has 1 fully saturated rings. The predicted octanol–water partition coefficient (Wildman–Crippen LogP) is 4.30. The van der Waals surface area contributed by atoms with Crippen molar-refractivity contribution >= 4 is 52.6 Å². The van der Waals surface area contributed by atoms with Crippen LogP contribution in [0, 0.1) is 5.41 Å². The zero-order chi connectivity index (χ0) is 28.0. The number of nitrogens with one attached hydrogen (secondary N) is 1. The van der Waals surface area contributed by atoms with E-state index in [2.05, 4.69) is 5.32 Å². The Morgan fingerprint density at radius 1 is 1.08 bits per heavy atom. The van der Waals surface area contributed by atoms with Crippen molar-refractivity contribution < 1.29 is 29.3 Å². The molecule has 206 valence electrons. The number of aliphatic carboxylic acids is 1. The molecule has 2 amide bonds. The lowest BCUT2D eigenvalue weighted by atomic mass is 9.79. The molecule has 1 heterocycles. The van der Waals surface area contributed by atoms with Crippen molar-refractivity contribution in [2.75, 3.05) is 13.1 Å². The maximum atomic E-state index is 13.4. The highest BCUT2D eigenvalue weighted by molar-refractivity contribution is 6.35. The van der Waals surface area contributed by atoms with Crippen LogP contribution in [0.3, 0.4) is 0 Å². The monoisotopic (exact) mass is 584 g/mol. The number of aliphatic hydroxyl groups is 1. The highest BCUT2D eigenvalue weighted by Crippen LogP contribution is 2.32. The quantitative estimate of drug-likeness (QED) is 0.268. The zero-order valence-corrected chi connectivity index (χ0v) is 23.4. The van der Waals surface area contributed by atoms with Crippen molar-refractivity contribution in [3.8, 4) is 5.75 Å². The van der Waals surface area contributed by atoms with Crippen LogP contribution < -0.4 is 10.1 Å². The predicted molar refractivity (Wildman–Crippen MR) is 146 cm³/mol. The minimum absolute atomic E-state index is 0.00156. The first-order chi connectivity index (χ1) is 18.0. The third kappa shape index (κ3) is 6.72. The van der Waals surface area contributed by atoms with Crippen LogP contribution in [0.1, 0.15) is 37.8 Å². The number of carbonyl (C=O) groups excluding carboxylic acids is 2. The van der Waals surface area contributed by atoms with Gasteiger partial charge in [0.2, 0.25) is 11.8 Å². The number of rotatable bonds is 11. The molecule has 2 aromatic rings. The molecule has 2 aromatic carbocycles. The van der Waals surface area contributed by atoms with Crippen LogP contribution in [0.5, 0.6) is 5.75 Å². The average molecular weight is 586 g/mol. The minimum Gasteiger partial charge on any atom is -0.489 e. The molecule has 0 aliphatic carbocycles. The van der Waals surface area contributed by atoms with Gasteiger partial charge < -0.3 is 25.2 Å². The normalized spacial score (nSPS) is 18.2. The summed E-state index contributed by atoms with van der Waals surface area (Å²) in [6.45, 7) is 3.72. The third-order valence-electron chi connectivity index (χ3n) is 6.97. The highest BCUT2D eigenvalue weighted by atomic mass is 35.5. The number of nitrogens with zero attached hydrogens (tertiary/aromatic N) is 1. The van der Waals surface area contributed by atoms with Gasteiger partial charge in [0.1, 0.15) is 23.8 Å². The molecule has 11 heteroatoms. The Bertz CT molecular complexity index is 1130. The molecule has 0 aromatic heterocycles. The lowest BCUT2D eigenvalue weighted by Crippen LogP contribution is -2.55. The molecule has 3 atom stereocenters. The number of aliphatic hydroxyl groups excluding tert-OH is 1. The number of β-amino-alcohol motifs (C(OH)–C–C–N with tert-alkyl or cyclic N) is 1. The van der Waals surface area contributed by atoms with Gasteiger partial charge in [0.15, 0.2) is 0 Å². The number of carbonyl (C=O) groups is 3. The third-order valence-corrected chi connectivity index (χ3v) is 8.11. The second-order valence-corrected chi connectivity index (χ2v) is 10.7. The summed E-state index contributed by atoms with van der Waals surface area (Å²) in [5.41, 5.74) is -0.159. The SMILES string of the molecule is CCC(CC)(C(=O)N[C@@H](Cc1ccc(OCc2c(Cl)cccc2Cl)cc1)C(=O)O)C(=O)N1CC(O)C(Cl)C1. The number of hydrogen-bond donors (Lipinski definition) is 3. The number of halogens is 3. The summed E-state index contributed by atoms with van der Waals surface area (Å²) in [5, 5.41) is 22.7. The maximum absolute atomic E-state index is 13.4. The summed E-state index contributed by atoms with van der Waals surface area (Å²) >= 11 is 18.4. The summed E-state index contributed by atoms with van der Waals surface area (Å²) in [6.07, 6.45) is -0.541. The number of likely N-dealkylation sites (tertiary alicyclic amines) is 1. The van der Waals surface area contributed by atoms with Crippen molar-refractivity contribution in [1.82, 2.24) is 10.2 Å². The fraction of sp³-hybridized carbons (Fsp3) is 0.444. The average Bonchev–Trinajstić information content (AvgIpc) is 3.23. The Kier molecular flexibility index (Phi) is 10.3. The smallest absolute Gasteiger partial charge is 0.326 e. The van der Waals surface area contributed by atoms with Crippen LogP contribution in [0.2, 0.25) is 10.0 Å². The molecule has 1 aliphatic heterocycles. The summed E-state index contributed by atoms with van der Waals surface area (Å²) in [4.78, 5) is 40.1. The van der Waals surface area contributed by atoms with Crippen LogP contribution in [0.4, 0.5) is 0 Å². The highest BCUT2D eigenvalue weighted by Gasteiger charge is 2.48. The van der Waals surface area contributed by atoms with E-state index in [1.807, 2.05) is 0 Å². The Balaban J connectivity index is 1.68. The van der Waals surface area contributed by atoms with Crippen molar-refractivity contribution in [3.63, 3.8) is 0 Å². The molecule has 1 saturated heterocycles. The van der Waals surface area contributed by atoms with Crippen LogP contribution >= 0.6 is 34.8 Å². The minimum atomic E-state index is -1.47. The van der Waals surface area contributed by atoms with Crippen LogP contribution in [0.25, 0.3) is 0 Å². The lowest BCUT2D eigenvalue weighted by Gasteiger charge is -2.34. The van der Waals surface area contributed by atoms with Gasteiger partial charge in [0, 0.05) is 35.1 Å². The Morgan fingerprint density at radius 3 is 2.18 bits per heavy atom. The molecule has 8 nitrogen and oxygen atoms in total. The maximum Gasteiger partial charge on any atom is 0.326 e. The van der Waals surface area contributed by atoms with Gasteiger partial charge >= 0.3 is 5.97 Å². The van der Waals surface area contributed by atoms with Gasteiger partial charge in [-0.1, -0.05) is 55.2 Å². The van der Waals surface area contributed by atoms with E-state index in [1.54, 1.807) is 56.3 Å². The summed E-state index contributed by atoms with van der Waals surface area (Å²) in [5.74, 6) is -1.82. The number of hydrogen-bond acceptors (Lipinski definition) is 5. The van der Waals surface area contributed by atoms with E-state index < -0.39 is 40.7 Å². The Morgan fingerprint density at radius 2 is 1.68 bits per heavy atom. The van der Waals surface area contributed by atoms with E-state index >= 15 is 0 Å². The standard InChI is InChI=1S/C27H31Cl3N2O6/c1-3-27(4-2,26(37)32-13-21(30)23(33)14-32)25(36)31-22(24(34)35)12-16-8-10-17(11-9-16)38-15-18-19(28)6-5-7-20(18)29/h5-11,21-23,33H,3-4,12-15H2,1-2H3,(H,31,36)(H,34,35)/t21?,22-,23?/m0/s1. The summed E-state index contributed by atoms with van der Waals surface area (Å²) in [7, 11) is 0. The van der Waals surface area contributed by atoms with E-state index in [0.29, 0.717) is 26.9 Å². The molecule has 0 saturated carbocycles. The Hall–Kier alpha value is -2.52. The van der Waals surface area contributed by atoms with Gasteiger partial charge in [-0.3, -0.25) is 9.59 Å². The molecule has 0 bridgehead atoms. The largest absolute Gasteiger partial charge is 0.489 e. The van der Waals surface area contributed by atoms with Gasteiger partial charge in [-0.05, 0) is 42.7 Å². The number of carboxylic acid groups (broad SMARTS) is 1. The van der Waals surface area contributed by atoms with Gasteiger partial charge in [-0.2, -0.15) is 0 Å². The van der Waals surface area contributed by atoms with E-state index in [9.17, 15) is 24.6 Å². The lowest BCUT2D eigenvalue weighted by molar-refractivity contribution is -0.153. The molecular formula is C27H31Cl3N2O6. The first-order valence-corrected chi connectivity index (χ1v) is 13.5. The fourth-order valence-electron chi connectivity index (χ4n) is 4.47. The van der Waals surface area contributed by atoms with Gasteiger partial charge in [0.25, 0.3) is 0 Å². The van der Waals surface area contributed by atoms with Gasteiger partial charge in [-0.25, -0.2) is 4.79 Å². The first kappa shape index (κ1) is 30.0. The van der Waals surface area contributed by atoms with Gasteiger partial charge in [0.05, 0.1) is 11.5 Å². The van der Waals surface area contributed by atoms with Crippen molar-refractivity contribution in [3.05, 3.63) is 63.6 Å². The molecule has 0 radical (unpaired) electrons. The van der Waals surface area contributed by atoms with E-state index in [4.69, 9.17) is 39.5 Å². The summed E-state index contributed by atoms with van der Waals surface area (Å²) in [6, 6.07) is 10.7. The van der Waals surface area contributed by atoms with Gasteiger partial charge in [-0.15, -0.1) is 11.6 Å². The summed E-state index contributed by atoms with van der Waals surface area (Å²) < 4.78 is 5.77. The molecule has 2 unspecified atom stereocenters. The zero-order valence-electron chi connectivity index (χ0n) is 21.1. The first-order valence-electron chi connectivity index (χ1n) is 12.3. The topological polar surface area (TPSA) is 116 Å². The van der Waals surface area contributed by atoms with Crippen molar-refractivity contribution in [1.29, 1.82) is 0 Å². The van der Waals surface area contributed by atoms with Crippen LogP contribution in [0.15, 0.2) is 42.5 Å². The molecule has 3 rings (SSSR count). The van der Waals surface area contributed by atoms with Crippen molar-refractivity contribution in [2.24, 2.45) is 5.41 Å². The van der Waals surface area contributed by atoms with E-state index in [1.165, 1.54) is 4.90 Å². The van der Waals surface area contributed by atoms with E-state index in [0.717, 1.165) is 0 Å². The van der Waals surface area contributed by atoms with Crippen LogP contribution in [-0.4, -0.2) is 63.5 Å². The molecular weight excluding hydrogens is 555 g/mol. The second-order valence-electron chi connectivity index (χ2n) is 9.28. The second kappa shape index (κ2) is 13.0. The van der Waals surface area contributed by atoms with E-state index in [-0.39, 0.29) is 39.0 Å². The number of carboxylic acids is 1. The molecule has 0 spiro atoms. The molecule has 38 heavy (non-hydrogen) atoms. The Labute approximate surface area is 236 Å². The van der Waals surface area contributed by atoms with Crippen LogP contribution in [-0.2, 0) is 27.4 Å². The number of benzene rings is 2. The number of ether oxygens (including phenoxy) is 1. The number of alkyl halides is 1. The molecule has 3 N–H and O–H groups in total.